The van der Waals surface area contributed by atoms with Crippen molar-refractivity contribution in [3.05, 3.63) is 88.4 Å². The third kappa shape index (κ3) is 3.62. The summed E-state index contributed by atoms with van der Waals surface area (Å²) >= 11 is 3.40. The van der Waals surface area contributed by atoms with E-state index in [1.54, 1.807) is 0 Å². The number of aromatic nitrogens is 2. The number of hydrogen-bond donors (Lipinski definition) is 0. The quantitative estimate of drug-likeness (QED) is 0.361. The molecule has 0 saturated heterocycles. The van der Waals surface area contributed by atoms with Crippen LogP contribution in [-0.4, -0.2) is 9.55 Å². The molecule has 0 aliphatic carbocycles. The highest BCUT2D eigenvalue weighted by atomic mass is 79.9. The molecule has 0 fully saturated rings. The zero-order valence-electron chi connectivity index (χ0n) is 14.0. The van der Waals surface area contributed by atoms with E-state index in [0.717, 1.165) is 27.7 Å². The van der Waals surface area contributed by atoms with Gasteiger partial charge in [-0.25, -0.2) is 4.98 Å². The maximum absolute atomic E-state index is 13.1. The molecule has 0 amide bonds. The summed E-state index contributed by atoms with van der Waals surface area (Å²) in [7, 11) is 0. The molecule has 1 aromatic heterocycles. The number of halogens is 4. The zero-order valence-corrected chi connectivity index (χ0v) is 15.6. The largest absolute Gasteiger partial charge is 0.416 e. The van der Waals surface area contributed by atoms with Crippen LogP contribution in [0, 0.1) is 0 Å². The lowest BCUT2D eigenvalue weighted by molar-refractivity contribution is -0.137. The fourth-order valence-electron chi connectivity index (χ4n) is 3.05. The molecule has 0 bridgehead atoms. The van der Waals surface area contributed by atoms with Crippen LogP contribution in [0.5, 0.6) is 0 Å². The number of imidazole rings is 1. The second-order valence-corrected chi connectivity index (χ2v) is 7.13. The maximum atomic E-state index is 13.1. The van der Waals surface area contributed by atoms with Crippen LogP contribution < -0.4 is 0 Å². The summed E-state index contributed by atoms with van der Waals surface area (Å²) in [5, 5.41) is 0. The van der Waals surface area contributed by atoms with Crippen molar-refractivity contribution in [3.8, 4) is 11.4 Å². The summed E-state index contributed by atoms with van der Waals surface area (Å²) in [4.78, 5) is 4.53. The normalized spacial score (nSPS) is 11.9. The Bertz CT molecular complexity index is 1080. The Balaban J connectivity index is 1.90. The van der Waals surface area contributed by atoms with Gasteiger partial charge in [0, 0.05) is 16.6 Å². The van der Waals surface area contributed by atoms with Gasteiger partial charge in [-0.15, -0.1) is 0 Å². The minimum absolute atomic E-state index is 0.332. The summed E-state index contributed by atoms with van der Waals surface area (Å²) < 4.78 is 42.2. The van der Waals surface area contributed by atoms with Crippen LogP contribution in [0.4, 0.5) is 13.2 Å². The summed E-state index contributed by atoms with van der Waals surface area (Å²) in [6, 6.07) is 21.1. The van der Waals surface area contributed by atoms with Gasteiger partial charge in [0.1, 0.15) is 5.82 Å². The van der Waals surface area contributed by atoms with E-state index in [1.807, 2.05) is 59.2 Å². The summed E-state index contributed by atoms with van der Waals surface area (Å²) in [6.07, 6.45) is -4.39. The van der Waals surface area contributed by atoms with E-state index in [2.05, 4.69) is 20.9 Å². The molecule has 0 atom stereocenters. The first-order valence-electron chi connectivity index (χ1n) is 8.29. The van der Waals surface area contributed by atoms with Crippen LogP contribution in [0.3, 0.4) is 0 Å². The molecule has 6 heteroatoms. The van der Waals surface area contributed by atoms with Gasteiger partial charge in [0.05, 0.1) is 16.6 Å². The molecule has 0 N–H and O–H groups in total. The predicted molar refractivity (Wildman–Crippen MR) is 103 cm³/mol. The van der Waals surface area contributed by atoms with Gasteiger partial charge in [0.25, 0.3) is 0 Å². The molecule has 0 aliphatic rings. The van der Waals surface area contributed by atoms with E-state index in [0.29, 0.717) is 23.4 Å². The molecule has 27 heavy (non-hydrogen) atoms. The van der Waals surface area contributed by atoms with Gasteiger partial charge in [-0.3, -0.25) is 0 Å². The molecular weight excluding hydrogens is 417 g/mol. The Morgan fingerprint density at radius 3 is 2.26 bits per heavy atom. The average Bonchev–Trinajstić information content (AvgIpc) is 3.00. The topological polar surface area (TPSA) is 17.8 Å². The van der Waals surface area contributed by atoms with Crippen molar-refractivity contribution in [1.29, 1.82) is 0 Å². The van der Waals surface area contributed by atoms with Crippen LogP contribution >= 0.6 is 15.9 Å². The van der Waals surface area contributed by atoms with Crippen LogP contribution in [-0.2, 0) is 12.7 Å². The molecule has 2 nitrogen and oxygen atoms in total. The molecule has 3 aromatic carbocycles. The van der Waals surface area contributed by atoms with Gasteiger partial charge in [-0.05, 0) is 35.9 Å². The highest BCUT2D eigenvalue weighted by molar-refractivity contribution is 9.10. The second kappa shape index (κ2) is 6.85. The molecule has 0 unspecified atom stereocenters. The average molecular weight is 431 g/mol. The SMILES string of the molecule is FC(F)(F)c1ccc2c(c1)nc(-c1ccc(Br)cc1)n2Cc1ccccc1. The van der Waals surface area contributed by atoms with Crippen molar-refractivity contribution in [3.63, 3.8) is 0 Å². The van der Waals surface area contributed by atoms with Crippen molar-refractivity contribution >= 4 is 27.0 Å². The molecule has 0 radical (unpaired) electrons. The first kappa shape index (κ1) is 17.8. The summed E-state index contributed by atoms with van der Waals surface area (Å²) in [5.41, 5.74) is 2.21. The number of rotatable bonds is 3. The predicted octanol–water partition coefficient (Wildman–Crippen LogP) is 6.53. The molecular formula is C21H14BrF3N2. The third-order valence-corrected chi connectivity index (χ3v) is 4.89. The van der Waals surface area contributed by atoms with E-state index in [1.165, 1.54) is 6.07 Å². The van der Waals surface area contributed by atoms with Crippen molar-refractivity contribution in [2.24, 2.45) is 0 Å². The summed E-state index contributed by atoms with van der Waals surface area (Å²) in [5.74, 6) is 0.640. The lowest BCUT2D eigenvalue weighted by atomic mass is 10.1. The van der Waals surface area contributed by atoms with E-state index in [-0.39, 0.29) is 0 Å². The van der Waals surface area contributed by atoms with Crippen molar-refractivity contribution in [2.45, 2.75) is 12.7 Å². The third-order valence-electron chi connectivity index (χ3n) is 4.36. The Labute approximate surface area is 162 Å². The Kier molecular flexibility index (Phi) is 4.52. The van der Waals surface area contributed by atoms with Crippen LogP contribution in [0.25, 0.3) is 22.4 Å². The Hall–Kier alpha value is -2.60. The highest BCUT2D eigenvalue weighted by Crippen LogP contribution is 2.33. The molecule has 136 valence electrons. The first-order chi connectivity index (χ1) is 12.9. The van der Waals surface area contributed by atoms with Crippen molar-refractivity contribution in [2.75, 3.05) is 0 Å². The lowest BCUT2D eigenvalue weighted by Crippen LogP contribution is -2.05. The lowest BCUT2D eigenvalue weighted by Gasteiger charge is -2.10. The van der Waals surface area contributed by atoms with Gasteiger partial charge < -0.3 is 4.57 Å². The second-order valence-electron chi connectivity index (χ2n) is 6.22. The van der Waals surface area contributed by atoms with Gasteiger partial charge >= 0.3 is 6.18 Å². The van der Waals surface area contributed by atoms with Crippen LogP contribution in [0.2, 0.25) is 0 Å². The Morgan fingerprint density at radius 2 is 1.59 bits per heavy atom. The highest BCUT2D eigenvalue weighted by Gasteiger charge is 2.31. The van der Waals surface area contributed by atoms with E-state index in [9.17, 15) is 13.2 Å². The first-order valence-corrected chi connectivity index (χ1v) is 9.08. The molecule has 4 aromatic rings. The smallest absolute Gasteiger partial charge is 0.319 e. The molecule has 0 saturated carbocycles. The fourth-order valence-corrected chi connectivity index (χ4v) is 3.32. The van der Waals surface area contributed by atoms with Crippen molar-refractivity contribution < 1.29 is 13.2 Å². The molecule has 1 heterocycles. The fraction of sp³-hybridized carbons (Fsp3) is 0.0952. The summed E-state index contributed by atoms with van der Waals surface area (Å²) in [6.45, 7) is 0.522. The number of nitrogens with zero attached hydrogens (tertiary/aromatic N) is 2. The van der Waals surface area contributed by atoms with Crippen LogP contribution in [0.15, 0.2) is 77.3 Å². The standard InChI is InChI=1S/C21H14BrF3N2/c22-17-9-6-15(7-10-17)20-26-18-12-16(21(23,24)25)8-11-19(18)27(20)13-14-4-2-1-3-5-14/h1-12H,13H2. The zero-order chi connectivity index (χ0) is 19.0. The van der Waals surface area contributed by atoms with Crippen LogP contribution in [0.1, 0.15) is 11.1 Å². The molecule has 0 aliphatic heterocycles. The van der Waals surface area contributed by atoms with E-state index >= 15 is 0 Å². The van der Waals surface area contributed by atoms with E-state index < -0.39 is 11.7 Å². The Morgan fingerprint density at radius 1 is 0.889 bits per heavy atom. The van der Waals surface area contributed by atoms with E-state index in [4.69, 9.17) is 0 Å². The number of hydrogen-bond acceptors (Lipinski definition) is 1. The number of fused-ring (bicyclic) bond motifs is 1. The van der Waals surface area contributed by atoms with Gasteiger partial charge in [0.15, 0.2) is 0 Å². The maximum Gasteiger partial charge on any atom is 0.416 e. The number of benzene rings is 3. The van der Waals surface area contributed by atoms with Crippen molar-refractivity contribution in [1.82, 2.24) is 9.55 Å². The monoisotopic (exact) mass is 430 g/mol. The number of alkyl halides is 3. The van der Waals surface area contributed by atoms with Gasteiger partial charge in [-0.2, -0.15) is 13.2 Å². The minimum atomic E-state index is -4.39. The molecule has 4 rings (SSSR count). The minimum Gasteiger partial charge on any atom is -0.319 e. The van der Waals surface area contributed by atoms with Gasteiger partial charge in [-0.1, -0.05) is 58.4 Å². The molecule has 0 spiro atoms. The van der Waals surface area contributed by atoms with Gasteiger partial charge in [0.2, 0.25) is 0 Å².